The third-order valence-corrected chi connectivity index (χ3v) is 5.30. The third-order valence-electron chi connectivity index (χ3n) is 3.39. The van der Waals surface area contributed by atoms with Crippen molar-refractivity contribution in [2.24, 2.45) is 0 Å². The molecular formula is C12H15N3O6S. The Bertz CT molecular complexity index is 667. The molecule has 120 valence electrons. The average molecular weight is 329 g/mol. The molecule has 0 bridgehead atoms. The lowest BCUT2D eigenvalue weighted by Gasteiger charge is -2.25. The van der Waals surface area contributed by atoms with Crippen LogP contribution in [0.4, 0.5) is 5.69 Å². The highest BCUT2D eigenvalue weighted by atomic mass is 32.2. The number of nitrogens with zero attached hydrogens (tertiary/aromatic N) is 2. The van der Waals surface area contributed by atoms with Crippen molar-refractivity contribution in [2.75, 3.05) is 19.6 Å². The summed E-state index contributed by atoms with van der Waals surface area (Å²) in [6.45, 7) is 0.335. The molecule has 1 unspecified atom stereocenters. The Morgan fingerprint density at radius 2 is 2.05 bits per heavy atom. The summed E-state index contributed by atoms with van der Waals surface area (Å²) < 4.78 is 26.1. The number of benzene rings is 1. The smallest absolute Gasteiger partial charge is 0.318 e. The number of rotatable bonds is 6. The van der Waals surface area contributed by atoms with Crippen LogP contribution in [0.5, 0.6) is 0 Å². The Morgan fingerprint density at radius 1 is 1.41 bits per heavy atom. The fourth-order valence-electron chi connectivity index (χ4n) is 2.30. The summed E-state index contributed by atoms with van der Waals surface area (Å²) in [5.41, 5.74) is -0.230. The Morgan fingerprint density at radius 3 is 2.50 bits per heavy atom. The Kier molecular flexibility index (Phi) is 4.74. The van der Waals surface area contributed by atoms with Crippen molar-refractivity contribution >= 4 is 21.7 Å². The summed E-state index contributed by atoms with van der Waals surface area (Å²) in [5.74, 6) is -1.25. The number of sulfonamides is 1. The zero-order valence-corrected chi connectivity index (χ0v) is 12.3. The van der Waals surface area contributed by atoms with E-state index in [4.69, 9.17) is 5.11 Å². The number of carboxylic acid groups (broad SMARTS) is 1. The number of non-ortho nitro benzene ring substituents is 1. The van der Waals surface area contributed by atoms with Gasteiger partial charge in [-0.05, 0) is 25.1 Å². The third kappa shape index (κ3) is 3.40. The predicted octanol–water partition coefficient (Wildman–Crippen LogP) is 0.0320. The highest BCUT2D eigenvalue weighted by molar-refractivity contribution is 7.89. The molecule has 0 spiro atoms. The number of aliphatic carboxylic acids is 1. The van der Waals surface area contributed by atoms with Crippen LogP contribution in [0.2, 0.25) is 0 Å². The first-order valence-corrected chi connectivity index (χ1v) is 7.95. The van der Waals surface area contributed by atoms with Gasteiger partial charge < -0.3 is 10.4 Å². The fraction of sp³-hybridized carbons (Fsp3) is 0.417. The number of nitro benzene ring substituents is 1. The zero-order chi connectivity index (χ0) is 16.3. The van der Waals surface area contributed by atoms with E-state index in [1.165, 1.54) is 0 Å². The van der Waals surface area contributed by atoms with Crippen LogP contribution in [0.25, 0.3) is 0 Å². The summed E-state index contributed by atoms with van der Waals surface area (Å²) in [6, 6.07) is 3.95. The number of nitro groups is 1. The van der Waals surface area contributed by atoms with Gasteiger partial charge in [-0.3, -0.25) is 14.9 Å². The lowest BCUT2D eigenvalue weighted by atomic mass is 10.2. The van der Waals surface area contributed by atoms with Gasteiger partial charge in [-0.25, -0.2) is 8.42 Å². The van der Waals surface area contributed by atoms with Crippen LogP contribution in [0.3, 0.4) is 0 Å². The average Bonchev–Trinajstić information content (AvgIpc) is 2.98. The standard InChI is InChI=1S/C12H15N3O6S/c16-12(17)8-14(10-5-6-13-7-10)22(20,21)11-3-1-9(2-4-11)15(18)19/h1-4,10,13H,5-8H2,(H,16,17). The first kappa shape index (κ1) is 16.3. The van der Waals surface area contributed by atoms with Crippen LogP contribution < -0.4 is 5.32 Å². The molecule has 0 amide bonds. The number of hydrogen-bond donors (Lipinski definition) is 2. The number of nitrogens with one attached hydrogen (secondary N) is 1. The summed E-state index contributed by atoms with van der Waals surface area (Å²) in [5, 5.41) is 22.6. The molecule has 22 heavy (non-hydrogen) atoms. The van der Waals surface area contributed by atoms with E-state index in [0.717, 1.165) is 28.6 Å². The maximum Gasteiger partial charge on any atom is 0.318 e. The molecule has 0 aromatic heterocycles. The minimum absolute atomic E-state index is 0.161. The summed E-state index contributed by atoms with van der Waals surface area (Å²) in [7, 11) is -4.03. The van der Waals surface area contributed by atoms with E-state index in [1.807, 2.05) is 0 Å². The van der Waals surface area contributed by atoms with Crippen molar-refractivity contribution in [1.29, 1.82) is 0 Å². The van der Waals surface area contributed by atoms with E-state index in [0.29, 0.717) is 19.5 Å². The summed E-state index contributed by atoms with van der Waals surface area (Å²) in [4.78, 5) is 20.8. The second-order valence-electron chi connectivity index (χ2n) is 4.84. The van der Waals surface area contributed by atoms with Gasteiger partial charge >= 0.3 is 5.97 Å². The van der Waals surface area contributed by atoms with Crippen molar-refractivity contribution in [1.82, 2.24) is 9.62 Å². The van der Waals surface area contributed by atoms with Gasteiger partial charge in [-0.2, -0.15) is 4.31 Å². The SMILES string of the molecule is O=C(O)CN(C1CCNC1)S(=O)(=O)c1ccc([N+](=O)[O-])cc1. The minimum Gasteiger partial charge on any atom is -0.480 e. The number of hydrogen-bond acceptors (Lipinski definition) is 6. The molecule has 1 fully saturated rings. The Balaban J connectivity index is 2.34. The highest BCUT2D eigenvalue weighted by Gasteiger charge is 2.34. The molecule has 10 heteroatoms. The molecule has 1 aromatic carbocycles. The van der Waals surface area contributed by atoms with Crippen molar-refractivity contribution in [3.63, 3.8) is 0 Å². The molecule has 2 N–H and O–H groups in total. The van der Waals surface area contributed by atoms with Crippen molar-refractivity contribution < 1.29 is 23.2 Å². The Hall–Kier alpha value is -2.04. The first-order chi connectivity index (χ1) is 10.3. The zero-order valence-electron chi connectivity index (χ0n) is 11.5. The minimum atomic E-state index is -4.03. The largest absolute Gasteiger partial charge is 0.480 e. The number of carbonyl (C=O) groups is 1. The van der Waals surface area contributed by atoms with Crippen LogP contribution in [0.15, 0.2) is 29.2 Å². The summed E-state index contributed by atoms with van der Waals surface area (Å²) >= 11 is 0. The molecule has 1 saturated heterocycles. The molecule has 0 saturated carbocycles. The molecule has 1 heterocycles. The molecule has 9 nitrogen and oxygen atoms in total. The lowest BCUT2D eigenvalue weighted by Crippen LogP contribution is -2.44. The van der Waals surface area contributed by atoms with E-state index >= 15 is 0 Å². The molecule has 1 aliphatic heterocycles. The number of carboxylic acids is 1. The Labute approximate surface area is 126 Å². The van der Waals surface area contributed by atoms with E-state index in [2.05, 4.69) is 5.32 Å². The fourth-order valence-corrected chi connectivity index (χ4v) is 3.91. The molecule has 2 rings (SSSR count). The van der Waals surface area contributed by atoms with E-state index in [-0.39, 0.29) is 10.6 Å². The van der Waals surface area contributed by atoms with Gasteiger partial charge in [0.1, 0.15) is 6.54 Å². The summed E-state index contributed by atoms with van der Waals surface area (Å²) in [6.07, 6.45) is 0.513. The van der Waals surface area contributed by atoms with Gasteiger partial charge in [0.25, 0.3) is 5.69 Å². The van der Waals surface area contributed by atoms with Gasteiger partial charge in [0, 0.05) is 24.7 Å². The maximum atomic E-state index is 12.6. The molecule has 1 aliphatic rings. The molecule has 1 atom stereocenters. The van der Waals surface area contributed by atoms with Gasteiger partial charge in [-0.15, -0.1) is 0 Å². The van der Waals surface area contributed by atoms with E-state index in [9.17, 15) is 23.3 Å². The maximum absolute atomic E-state index is 12.6. The van der Waals surface area contributed by atoms with Gasteiger partial charge in [0.2, 0.25) is 10.0 Å². The second-order valence-corrected chi connectivity index (χ2v) is 6.73. The van der Waals surface area contributed by atoms with E-state index < -0.39 is 33.5 Å². The van der Waals surface area contributed by atoms with Gasteiger partial charge in [0.15, 0.2) is 0 Å². The molecule has 0 aliphatic carbocycles. The molecule has 0 radical (unpaired) electrons. The normalized spacial score (nSPS) is 18.5. The van der Waals surface area contributed by atoms with Gasteiger partial charge in [0.05, 0.1) is 9.82 Å². The van der Waals surface area contributed by atoms with Gasteiger partial charge in [-0.1, -0.05) is 0 Å². The second kappa shape index (κ2) is 6.38. The van der Waals surface area contributed by atoms with Crippen molar-refractivity contribution in [2.45, 2.75) is 17.4 Å². The van der Waals surface area contributed by atoms with Crippen LogP contribution >= 0.6 is 0 Å². The van der Waals surface area contributed by atoms with Crippen molar-refractivity contribution in [3.8, 4) is 0 Å². The lowest BCUT2D eigenvalue weighted by molar-refractivity contribution is -0.384. The monoisotopic (exact) mass is 329 g/mol. The first-order valence-electron chi connectivity index (χ1n) is 6.51. The van der Waals surface area contributed by atoms with Crippen LogP contribution in [-0.4, -0.2) is 54.4 Å². The van der Waals surface area contributed by atoms with Crippen LogP contribution in [0.1, 0.15) is 6.42 Å². The van der Waals surface area contributed by atoms with Crippen LogP contribution in [0, 0.1) is 10.1 Å². The highest BCUT2D eigenvalue weighted by Crippen LogP contribution is 2.23. The van der Waals surface area contributed by atoms with E-state index in [1.54, 1.807) is 0 Å². The van der Waals surface area contributed by atoms with Crippen LogP contribution in [-0.2, 0) is 14.8 Å². The topological polar surface area (TPSA) is 130 Å². The molecule has 1 aromatic rings. The quantitative estimate of drug-likeness (QED) is 0.556. The molecular weight excluding hydrogens is 314 g/mol. The van der Waals surface area contributed by atoms with Crippen molar-refractivity contribution in [3.05, 3.63) is 34.4 Å². The predicted molar refractivity (Wildman–Crippen MR) is 75.9 cm³/mol.